The molecule has 0 radical (unpaired) electrons. The molecule has 2 aliphatic rings. The molecule has 2 aromatic heterocycles. The highest BCUT2D eigenvalue weighted by atomic mass is 16.5. The quantitative estimate of drug-likeness (QED) is 0.925. The molecule has 24 heavy (non-hydrogen) atoms. The summed E-state index contributed by atoms with van der Waals surface area (Å²) in [4.78, 5) is 26.6. The number of carbonyl (C=O) groups excluding carboxylic acids is 1. The summed E-state index contributed by atoms with van der Waals surface area (Å²) in [6.45, 7) is 1.21. The molecule has 3 heterocycles. The number of rotatable bonds is 3. The number of urea groups is 1. The Morgan fingerprint density at radius 1 is 1.12 bits per heavy atom. The minimum atomic E-state index is 0.0179. The first-order chi connectivity index (χ1) is 11.8. The second-order valence-electron chi connectivity index (χ2n) is 6.41. The van der Waals surface area contributed by atoms with E-state index in [1.807, 2.05) is 0 Å². The minimum absolute atomic E-state index is 0.0179. The molecule has 2 amide bonds. The molecule has 0 atom stereocenters. The Hall–Kier alpha value is -2.51. The van der Waals surface area contributed by atoms with Crippen LogP contribution in [0.15, 0.2) is 23.0 Å². The number of hydrogen-bond donors (Lipinski definition) is 1. The molecule has 2 fully saturated rings. The summed E-state index contributed by atoms with van der Waals surface area (Å²) in [5, 5.41) is 7.05. The summed E-state index contributed by atoms with van der Waals surface area (Å²) in [7, 11) is 0. The molecule has 8 heteroatoms. The van der Waals surface area contributed by atoms with E-state index in [1.54, 1.807) is 23.4 Å². The van der Waals surface area contributed by atoms with E-state index in [9.17, 15) is 4.79 Å². The van der Waals surface area contributed by atoms with Crippen LogP contribution >= 0.6 is 0 Å². The van der Waals surface area contributed by atoms with Crippen molar-refractivity contribution in [1.29, 1.82) is 0 Å². The van der Waals surface area contributed by atoms with Crippen LogP contribution in [0.5, 0.6) is 0 Å². The van der Waals surface area contributed by atoms with Gasteiger partial charge in [0.2, 0.25) is 17.5 Å². The normalized spacial score (nSPS) is 19.1. The number of nitrogens with one attached hydrogen (secondary N) is 1. The third kappa shape index (κ3) is 3.08. The van der Waals surface area contributed by atoms with Gasteiger partial charge >= 0.3 is 6.03 Å². The van der Waals surface area contributed by atoms with E-state index < -0.39 is 0 Å². The van der Waals surface area contributed by atoms with E-state index >= 15 is 0 Å². The molecule has 8 nitrogen and oxygen atoms in total. The van der Waals surface area contributed by atoms with Crippen molar-refractivity contribution < 1.29 is 9.32 Å². The van der Waals surface area contributed by atoms with Crippen LogP contribution in [0, 0.1) is 0 Å². The minimum Gasteiger partial charge on any atom is -0.338 e. The summed E-state index contributed by atoms with van der Waals surface area (Å²) in [6, 6.07) is 2.08. The fourth-order valence-electron chi connectivity index (χ4n) is 3.22. The third-order valence-corrected chi connectivity index (χ3v) is 4.66. The largest absolute Gasteiger partial charge is 0.338 e. The first-order valence-electron chi connectivity index (χ1n) is 8.46. The lowest BCUT2D eigenvalue weighted by molar-refractivity contribution is 0.132. The molecule has 126 valence electrons. The van der Waals surface area contributed by atoms with Crippen molar-refractivity contribution in [2.75, 3.05) is 13.1 Å². The fourth-order valence-corrected chi connectivity index (χ4v) is 3.22. The van der Waals surface area contributed by atoms with Crippen molar-refractivity contribution in [3.05, 3.63) is 24.4 Å². The second kappa shape index (κ2) is 6.54. The Morgan fingerprint density at radius 3 is 2.62 bits per heavy atom. The monoisotopic (exact) mass is 328 g/mol. The Bertz CT molecular complexity index is 692. The van der Waals surface area contributed by atoms with Gasteiger partial charge in [0.25, 0.3) is 0 Å². The number of nitrogens with zero attached hydrogens (tertiary/aromatic N) is 5. The Labute approximate surface area is 139 Å². The molecular weight excluding hydrogens is 308 g/mol. The number of hydrogen-bond acceptors (Lipinski definition) is 6. The lowest BCUT2D eigenvalue weighted by Crippen LogP contribution is -2.54. The highest BCUT2D eigenvalue weighted by molar-refractivity contribution is 5.75. The van der Waals surface area contributed by atoms with E-state index in [0.29, 0.717) is 36.7 Å². The van der Waals surface area contributed by atoms with Crippen LogP contribution in [-0.4, -0.2) is 50.2 Å². The predicted octanol–water partition coefficient (Wildman–Crippen LogP) is 1.97. The van der Waals surface area contributed by atoms with E-state index in [4.69, 9.17) is 4.52 Å². The van der Waals surface area contributed by atoms with Crippen molar-refractivity contribution in [3.63, 3.8) is 0 Å². The number of carbonyl (C=O) groups is 1. The molecule has 0 aromatic carbocycles. The maximum Gasteiger partial charge on any atom is 0.317 e. The summed E-state index contributed by atoms with van der Waals surface area (Å²) >= 11 is 0. The molecule has 0 unspecified atom stereocenters. The van der Waals surface area contributed by atoms with Crippen LogP contribution in [-0.2, 0) is 0 Å². The third-order valence-electron chi connectivity index (χ3n) is 4.66. The van der Waals surface area contributed by atoms with Crippen molar-refractivity contribution >= 4 is 6.03 Å². The van der Waals surface area contributed by atoms with Gasteiger partial charge in [-0.25, -0.2) is 14.8 Å². The summed E-state index contributed by atoms with van der Waals surface area (Å²) < 4.78 is 5.30. The molecular formula is C16H20N6O2. The lowest BCUT2D eigenvalue weighted by Gasteiger charge is -2.38. The molecule has 1 aliphatic heterocycles. The van der Waals surface area contributed by atoms with Gasteiger partial charge in [0.05, 0.1) is 5.92 Å². The van der Waals surface area contributed by atoms with Gasteiger partial charge in [-0.2, -0.15) is 4.98 Å². The summed E-state index contributed by atoms with van der Waals surface area (Å²) in [6.07, 6.45) is 9.15. The molecule has 2 aromatic rings. The number of amides is 2. The van der Waals surface area contributed by atoms with Gasteiger partial charge in [-0.15, -0.1) is 0 Å². The maximum absolute atomic E-state index is 12.2. The fraction of sp³-hybridized carbons (Fsp3) is 0.562. The predicted molar refractivity (Wildman–Crippen MR) is 85.0 cm³/mol. The highest BCUT2D eigenvalue weighted by Gasteiger charge is 2.36. The number of likely N-dealkylation sites (tertiary alicyclic amines) is 1. The van der Waals surface area contributed by atoms with Crippen LogP contribution in [0.3, 0.4) is 0 Å². The van der Waals surface area contributed by atoms with Crippen LogP contribution in [0.2, 0.25) is 0 Å². The molecule has 4 rings (SSSR count). The van der Waals surface area contributed by atoms with E-state index in [-0.39, 0.29) is 11.9 Å². The van der Waals surface area contributed by atoms with Crippen molar-refractivity contribution in [3.8, 4) is 11.6 Å². The van der Waals surface area contributed by atoms with Crippen LogP contribution in [0.1, 0.15) is 43.9 Å². The van der Waals surface area contributed by atoms with Crippen LogP contribution in [0.25, 0.3) is 11.6 Å². The maximum atomic E-state index is 12.2. The zero-order valence-electron chi connectivity index (χ0n) is 13.4. The van der Waals surface area contributed by atoms with Crippen molar-refractivity contribution in [2.24, 2.45) is 0 Å². The van der Waals surface area contributed by atoms with E-state index in [0.717, 1.165) is 12.8 Å². The molecule has 1 saturated carbocycles. The zero-order chi connectivity index (χ0) is 16.4. The van der Waals surface area contributed by atoms with Crippen LogP contribution in [0.4, 0.5) is 4.79 Å². The topological polar surface area (TPSA) is 97.0 Å². The molecule has 1 aliphatic carbocycles. The average Bonchev–Trinajstić information content (AvgIpc) is 3.05. The van der Waals surface area contributed by atoms with E-state index in [2.05, 4.69) is 25.4 Å². The average molecular weight is 328 g/mol. The Morgan fingerprint density at radius 2 is 1.88 bits per heavy atom. The van der Waals surface area contributed by atoms with Gasteiger partial charge < -0.3 is 14.7 Å². The summed E-state index contributed by atoms with van der Waals surface area (Å²) in [5.41, 5.74) is 0. The molecule has 1 saturated heterocycles. The van der Waals surface area contributed by atoms with Crippen LogP contribution < -0.4 is 5.32 Å². The second-order valence-corrected chi connectivity index (χ2v) is 6.41. The van der Waals surface area contributed by atoms with Gasteiger partial charge in [0, 0.05) is 31.5 Å². The van der Waals surface area contributed by atoms with E-state index in [1.165, 1.54) is 19.3 Å². The van der Waals surface area contributed by atoms with Gasteiger partial charge in [0.15, 0.2) is 0 Å². The smallest absolute Gasteiger partial charge is 0.317 e. The Kier molecular flexibility index (Phi) is 4.10. The zero-order valence-corrected chi connectivity index (χ0v) is 13.4. The first-order valence-corrected chi connectivity index (χ1v) is 8.46. The molecule has 0 bridgehead atoms. The standard InChI is InChI=1S/C16H20N6O2/c23-16(19-12-5-2-1-3-6-12)22-9-11(10-22)15-20-14(21-24-15)13-17-7-4-8-18-13/h4,7-8,11-12H,1-3,5-6,9-10H2,(H,19,23). The summed E-state index contributed by atoms with van der Waals surface area (Å²) in [5.74, 6) is 1.46. The molecule has 1 N–H and O–H groups in total. The Balaban J connectivity index is 1.31. The SMILES string of the molecule is O=C(NC1CCCCC1)N1CC(c2nc(-c3ncccn3)no2)C1. The van der Waals surface area contributed by atoms with Gasteiger partial charge in [-0.05, 0) is 18.9 Å². The highest BCUT2D eigenvalue weighted by Crippen LogP contribution is 2.27. The van der Waals surface area contributed by atoms with Gasteiger partial charge in [-0.1, -0.05) is 24.4 Å². The molecule has 0 spiro atoms. The van der Waals surface area contributed by atoms with Crippen molar-refractivity contribution in [2.45, 2.75) is 44.1 Å². The number of aromatic nitrogens is 4. The van der Waals surface area contributed by atoms with Gasteiger partial charge in [-0.3, -0.25) is 0 Å². The van der Waals surface area contributed by atoms with Crippen molar-refractivity contribution in [1.82, 2.24) is 30.3 Å². The van der Waals surface area contributed by atoms with Gasteiger partial charge in [0.1, 0.15) is 0 Å². The first kappa shape index (κ1) is 15.0. The lowest BCUT2D eigenvalue weighted by atomic mass is 9.95.